The van der Waals surface area contributed by atoms with E-state index in [0.717, 1.165) is 17.8 Å². The number of nitrogens with two attached hydrogens (primary N) is 1. The van der Waals surface area contributed by atoms with Gasteiger partial charge in [0.2, 0.25) is 0 Å². The number of para-hydroxylation sites is 1. The monoisotopic (exact) mass is 258 g/mol. The molecule has 0 radical (unpaired) electrons. The molecule has 2 N–H and O–H groups in total. The maximum Gasteiger partial charge on any atom is 0.123 e. The van der Waals surface area contributed by atoms with Gasteiger partial charge in [0.05, 0.1) is 6.04 Å². The van der Waals surface area contributed by atoms with Crippen molar-refractivity contribution < 1.29 is 4.39 Å². The van der Waals surface area contributed by atoms with Crippen LogP contribution in [-0.4, -0.2) is 13.1 Å². The summed E-state index contributed by atoms with van der Waals surface area (Å²) in [4.78, 5) is 2.19. The summed E-state index contributed by atoms with van der Waals surface area (Å²) in [5.41, 5.74) is 7.92. The zero-order valence-electron chi connectivity index (χ0n) is 11.1. The van der Waals surface area contributed by atoms with E-state index in [2.05, 4.69) is 11.8 Å². The van der Waals surface area contributed by atoms with Crippen molar-refractivity contribution in [3.8, 4) is 0 Å². The number of hydrogen-bond acceptors (Lipinski definition) is 2. The van der Waals surface area contributed by atoms with Crippen LogP contribution in [0.2, 0.25) is 0 Å². The first-order valence-corrected chi connectivity index (χ1v) is 6.53. The molecule has 0 aliphatic carbocycles. The Balaban J connectivity index is 2.34. The van der Waals surface area contributed by atoms with E-state index in [0.29, 0.717) is 6.54 Å². The minimum absolute atomic E-state index is 0.0110. The van der Waals surface area contributed by atoms with Crippen LogP contribution in [0.3, 0.4) is 0 Å². The molecule has 0 heterocycles. The van der Waals surface area contributed by atoms with Gasteiger partial charge in [0.15, 0.2) is 0 Å². The highest BCUT2D eigenvalue weighted by Gasteiger charge is 2.18. The second-order valence-electron chi connectivity index (χ2n) is 4.43. The largest absolute Gasteiger partial charge is 0.363 e. The molecule has 0 saturated carbocycles. The number of anilines is 1. The topological polar surface area (TPSA) is 29.3 Å². The van der Waals surface area contributed by atoms with Gasteiger partial charge < -0.3 is 10.6 Å². The lowest BCUT2D eigenvalue weighted by atomic mass is 10.0. The van der Waals surface area contributed by atoms with Gasteiger partial charge in [-0.1, -0.05) is 30.3 Å². The molecule has 0 aromatic heterocycles. The Kier molecular flexibility index (Phi) is 4.53. The van der Waals surface area contributed by atoms with Crippen LogP contribution in [-0.2, 0) is 0 Å². The third-order valence-corrected chi connectivity index (χ3v) is 3.26. The Bertz CT molecular complexity index is 513. The SMILES string of the molecule is CCN(c1ccccc1)C(CN)c1cccc(F)c1. The van der Waals surface area contributed by atoms with E-state index in [1.807, 2.05) is 36.4 Å². The van der Waals surface area contributed by atoms with Crippen LogP contribution in [0.4, 0.5) is 10.1 Å². The van der Waals surface area contributed by atoms with Crippen molar-refractivity contribution in [2.24, 2.45) is 5.73 Å². The van der Waals surface area contributed by atoms with Gasteiger partial charge in [-0.05, 0) is 36.8 Å². The highest BCUT2D eigenvalue weighted by molar-refractivity contribution is 5.48. The van der Waals surface area contributed by atoms with Crippen LogP contribution < -0.4 is 10.6 Å². The van der Waals surface area contributed by atoms with Gasteiger partial charge in [-0.3, -0.25) is 0 Å². The molecule has 0 spiro atoms. The number of rotatable bonds is 5. The quantitative estimate of drug-likeness (QED) is 0.891. The fraction of sp³-hybridized carbons (Fsp3) is 0.250. The first-order chi connectivity index (χ1) is 9.26. The number of nitrogens with zero attached hydrogens (tertiary/aromatic N) is 1. The van der Waals surface area contributed by atoms with Gasteiger partial charge in [0.25, 0.3) is 0 Å². The third-order valence-electron chi connectivity index (χ3n) is 3.26. The van der Waals surface area contributed by atoms with E-state index in [-0.39, 0.29) is 11.9 Å². The van der Waals surface area contributed by atoms with Gasteiger partial charge in [0, 0.05) is 18.8 Å². The lowest BCUT2D eigenvalue weighted by Gasteiger charge is -2.32. The Labute approximate surface area is 113 Å². The molecule has 0 bridgehead atoms. The van der Waals surface area contributed by atoms with Crippen LogP contribution in [0.15, 0.2) is 54.6 Å². The Morgan fingerprint density at radius 2 is 1.84 bits per heavy atom. The smallest absolute Gasteiger partial charge is 0.123 e. The highest BCUT2D eigenvalue weighted by atomic mass is 19.1. The van der Waals surface area contributed by atoms with E-state index in [1.165, 1.54) is 6.07 Å². The van der Waals surface area contributed by atoms with Crippen LogP contribution in [0.25, 0.3) is 0 Å². The molecule has 1 atom stereocenters. The standard InChI is InChI=1S/C16H19FN2/c1-2-19(15-9-4-3-5-10-15)16(12-18)13-7-6-8-14(17)11-13/h3-11,16H,2,12,18H2,1H3. The second kappa shape index (κ2) is 6.34. The zero-order chi connectivity index (χ0) is 13.7. The summed E-state index contributed by atoms with van der Waals surface area (Å²) in [6.45, 7) is 3.35. The molecular formula is C16H19FN2. The van der Waals surface area contributed by atoms with Crippen molar-refractivity contribution in [2.75, 3.05) is 18.0 Å². The lowest BCUT2D eigenvalue weighted by Crippen LogP contribution is -2.33. The van der Waals surface area contributed by atoms with Crippen molar-refractivity contribution in [3.63, 3.8) is 0 Å². The fourth-order valence-electron chi connectivity index (χ4n) is 2.36. The molecule has 2 aromatic rings. The first-order valence-electron chi connectivity index (χ1n) is 6.53. The van der Waals surface area contributed by atoms with Crippen LogP contribution in [0.5, 0.6) is 0 Å². The van der Waals surface area contributed by atoms with E-state index in [4.69, 9.17) is 5.73 Å². The van der Waals surface area contributed by atoms with E-state index < -0.39 is 0 Å². The van der Waals surface area contributed by atoms with Crippen molar-refractivity contribution >= 4 is 5.69 Å². The fourth-order valence-corrected chi connectivity index (χ4v) is 2.36. The molecule has 2 nitrogen and oxygen atoms in total. The molecule has 0 aliphatic rings. The predicted molar refractivity (Wildman–Crippen MR) is 77.7 cm³/mol. The summed E-state index contributed by atoms with van der Waals surface area (Å²) in [5.74, 6) is -0.222. The molecule has 2 rings (SSSR count). The Morgan fingerprint density at radius 1 is 1.11 bits per heavy atom. The third kappa shape index (κ3) is 3.12. The summed E-state index contributed by atoms with van der Waals surface area (Å²) < 4.78 is 13.4. The van der Waals surface area contributed by atoms with Crippen molar-refractivity contribution in [3.05, 3.63) is 66.0 Å². The van der Waals surface area contributed by atoms with Gasteiger partial charge in [-0.25, -0.2) is 4.39 Å². The summed E-state index contributed by atoms with van der Waals surface area (Å²) in [6.07, 6.45) is 0. The molecular weight excluding hydrogens is 239 g/mol. The summed E-state index contributed by atoms with van der Waals surface area (Å²) in [5, 5.41) is 0. The molecule has 100 valence electrons. The van der Waals surface area contributed by atoms with E-state index in [9.17, 15) is 4.39 Å². The van der Waals surface area contributed by atoms with E-state index in [1.54, 1.807) is 12.1 Å². The van der Waals surface area contributed by atoms with Crippen molar-refractivity contribution in [2.45, 2.75) is 13.0 Å². The summed E-state index contributed by atoms with van der Waals surface area (Å²) in [7, 11) is 0. The van der Waals surface area contributed by atoms with Crippen LogP contribution >= 0.6 is 0 Å². The van der Waals surface area contributed by atoms with E-state index >= 15 is 0 Å². The number of benzene rings is 2. The summed E-state index contributed by atoms with van der Waals surface area (Å²) >= 11 is 0. The molecule has 3 heteroatoms. The van der Waals surface area contributed by atoms with Crippen LogP contribution in [0.1, 0.15) is 18.5 Å². The minimum atomic E-state index is -0.222. The van der Waals surface area contributed by atoms with Crippen molar-refractivity contribution in [1.82, 2.24) is 0 Å². The molecule has 0 amide bonds. The number of likely N-dealkylation sites (N-methyl/N-ethyl adjacent to an activating group) is 1. The Morgan fingerprint density at radius 3 is 2.42 bits per heavy atom. The average molecular weight is 258 g/mol. The molecule has 0 fully saturated rings. The molecule has 1 unspecified atom stereocenters. The zero-order valence-corrected chi connectivity index (χ0v) is 11.1. The predicted octanol–water partition coefficient (Wildman–Crippen LogP) is 3.35. The molecule has 0 aliphatic heterocycles. The van der Waals surface area contributed by atoms with Gasteiger partial charge in [-0.15, -0.1) is 0 Å². The maximum atomic E-state index is 13.4. The van der Waals surface area contributed by atoms with Crippen LogP contribution in [0, 0.1) is 5.82 Å². The van der Waals surface area contributed by atoms with Gasteiger partial charge in [-0.2, -0.15) is 0 Å². The molecule has 0 saturated heterocycles. The summed E-state index contributed by atoms with van der Waals surface area (Å²) in [6, 6.07) is 16.7. The number of hydrogen-bond donors (Lipinski definition) is 1. The normalized spacial score (nSPS) is 12.2. The molecule has 19 heavy (non-hydrogen) atoms. The lowest BCUT2D eigenvalue weighted by molar-refractivity contribution is 0.607. The first kappa shape index (κ1) is 13.6. The maximum absolute atomic E-state index is 13.4. The highest BCUT2D eigenvalue weighted by Crippen LogP contribution is 2.26. The second-order valence-corrected chi connectivity index (χ2v) is 4.43. The average Bonchev–Trinajstić information content (AvgIpc) is 2.45. The number of halogens is 1. The van der Waals surface area contributed by atoms with Crippen molar-refractivity contribution in [1.29, 1.82) is 0 Å². The van der Waals surface area contributed by atoms with Gasteiger partial charge >= 0.3 is 0 Å². The minimum Gasteiger partial charge on any atom is -0.363 e. The molecule has 2 aromatic carbocycles. The Hall–Kier alpha value is -1.87. The van der Waals surface area contributed by atoms with Gasteiger partial charge in [0.1, 0.15) is 5.82 Å².